The second-order valence-electron chi connectivity index (χ2n) is 7.65. The minimum atomic E-state index is -1.82. The zero-order valence-electron chi connectivity index (χ0n) is 15.4. The topological polar surface area (TPSA) is 66.4 Å². The average Bonchev–Trinajstić information content (AvgIpc) is 2.44. The maximum absolute atomic E-state index is 13.1. The summed E-state index contributed by atoms with van der Waals surface area (Å²) in [6.07, 6.45) is -0.0199. The van der Waals surface area contributed by atoms with Gasteiger partial charge in [-0.1, -0.05) is 46.0 Å². The van der Waals surface area contributed by atoms with Crippen molar-refractivity contribution < 1.29 is 19.1 Å². The van der Waals surface area contributed by atoms with Crippen LogP contribution in [0.3, 0.4) is 0 Å². The van der Waals surface area contributed by atoms with Crippen LogP contribution in [0.25, 0.3) is 0 Å². The van der Waals surface area contributed by atoms with Crippen molar-refractivity contribution in [2.75, 3.05) is 0 Å². The fourth-order valence-corrected chi connectivity index (χ4v) is 2.76. The fourth-order valence-electron chi connectivity index (χ4n) is 1.84. The summed E-state index contributed by atoms with van der Waals surface area (Å²) in [5, 5.41) is 11.8. The summed E-state index contributed by atoms with van der Waals surface area (Å²) >= 11 is 0. The summed E-state index contributed by atoms with van der Waals surface area (Å²) < 4.78 is 13.1. The van der Waals surface area contributed by atoms with Crippen molar-refractivity contribution in [3.05, 3.63) is 35.6 Å². The van der Waals surface area contributed by atoms with Crippen molar-refractivity contribution >= 4 is 20.0 Å². The number of carboxylic acids is 1. The van der Waals surface area contributed by atoms with Gasteiger partial charge in [0.05, 0.1) is 6.42 Å². The van der Waals surface area contributed by atoms with E-state index in [0.29, 0.717) is 5.56 Å². The molecule has 1 aromatic carbocycles. The first-order chi connectivity index (χ1) is 11.4. The summed E-state index contributed by atoms with van der Waals surface area (Å²) in [4.78, 5) is 23.4. The molecule has 0 aliphatic rings. The van der Waals surface area contributed by atoms with Gasteiger partial charge in [-0.3, -0.25) is 4.79 Å². The Labute approximate surface area is 149 Å². The molecular weight excluding hydrogens is 337 g/mol. The first-order valence-electron chi connectivity index (χ1n) is 8.19. The quantitative estimate of drug-likeness (QED) is 0.622. The minimum Gasteiger partial charge on any atom is -0.480 e. The van der Waals surface area contributed by atoms with E-state index in [-0.39, 0.29) is 17.9 Å². The molecule has 0 saturated carbocycles. The van der Waals surface area contributed by atoms with Crippen molar-refractivity contribution in [2.24, 2.45) is 0 Å². The number of benzene rings is 1. The van der Waals surface area contributed by atoms with E-state index >= 15 is 0 Å². The summed E-state index contributed by atoms with van der Waals surface area (Å²) in [6, 6.07) is 4.61. The average molecular weight is 364 g/mol. The summed E-state index contributed by atoms with van der Waals surface area (Å²) in [5.41, 5.74) is 3.73. The van der Waals surface area contributed by atoms with Crippen LogP contribution >= 0.6 is 0 Å². The molecule has 0 saturated heterocycles. The Bertz CT molecular complexity index is 699. The predicted molar refractivity (Wildman–Crippen MR) is 99.3 cm³/mol. The number of carbonyl (C=O) groups is 2. The number of carboxylic acid groups (broad SMARTS) is 1. The fraction of sp³-hybridized carbons (Fsp3) is 0.474. The third-order valence-corrected chi connectivity index (χ3v) is 9.02. The van der Waals surface area contributed by atoms with Crippen molar-refractivity contribution in [1.82, 2.24) is 5.32 Å². The largest absolute Gasteiger partial charge is 0.480 e. The number of hydrogen-bond acceptors (Lipinski definition) is 2. The second kappa shape index (κ2) is 8.30. The normalized spacial score (nSPS) is 12.7. The molecular formula is C19H26FNO3Si. The first kappa shape index (κ1) is 20.9. The lowest BCUT2D eigenvalue weighted by Crippen LogP contribution is -2.41. The summed E-state index contributed by atoms with van der Waals surface area (Å²) in [5.74, 6) is 0.925. The monoisotopic (exact) mass is 363 g/mol. The van der Waals surface area contributed by atoms with Gasteiger partial charge >= 0.3 is 5.97 Å². The molecule has 1 aromatic rings. The molecule has 136 valence electrons. The molecule has 0 bridgehead atoms. The molecule has 2 N–H and O–H groups in total. The van der Waals surface area contributed by atoms with E-state index in [0.717, 1.165) is 0 Å². The summed E-state index contributed by atoms with van der Waals surface area (Å²) in [6.45, 7) is 10.7. The van der Waals surface area contributed by atoms with Gasteiger partial charge in [-0.25, -0.2) is 9.18 Å². The van der Waals surface area contributed by atoms with Crippen LogP contribution in [0.5, 0.6) is 0 Å². The highest BCUT2D eigenvalue weighted by molar-refractivity contribution is 6.87. The van der Waals surface area contributed by atoms with Gasteiger partial charge in [0, 0.05) is 6.42 Å². The molecule has 0 fully saturated rings. The van der Waals surface area contributed by atoms with E-state index in [1.165, 1.54) is 18.2 Å². The molecule has 1 rings (SSSR count). The van der Waals surface area contributed by atoms with Crippen molar-refractivity contribution in [3.63, 3.8) is 0 Å². The van der Waals surface area contributed by atoms with Crippen LogP contribution in [0.1, 0.15) is 32.8 Å². The Kier molecular flexibility index (Phi) is 6.94. The van der Waals surface area contributed by atoms with E-state index in [4.69, 9.17) is 0 Å². The van der Waals surface area contributed by atoms with Gasteiger partial charge in [-0.15, -0.1) is 11.5 Å². The molecule has 25 heavy (non-hydrogen) atoms. The molecule has 0 aromatic heterocycles. The smallest absolute Gasteiger partial charge is 0.327 e. The number of halogens is 1. The van der Waals surface area contributed by atoms with Crippen LogP contribution in [0.4, 0.5) is 4.39 Å². The Hall–Kier alpha value is -2.13. The number of nitrogens with one attached hydrogen (secondary N) is 1. The van der Waals surface area contributed by atoms with Crippen LogP contribution in [-0.4, -0.2) is 31.1 Å². The molecule has 1 atom stereocenters. The Balaban J connectivity index is 2.72. The van der Waals surface area contributed by atoms with Gasteiger partial charge in [0.15, 0.2) is 0 Å². The maximum atomic E-state index is 13.1. The molecule has 0 heterocycles. The molecule has 4 nitrogen and oxygen atoms in total. The van der Waals surface area contributed by atoms with Crippen LogP contribution in [-0.2, 0) is 16.0 Å². The zero-order valence-corrected chi connectivity index (χ0v) is 16.4. The standard InChI is InChI=1S/C19H26FNO3Si/c1-19(2,3)25(4,5)11-7-10-16(18(23)24)21-17(22)13-14-8-6-9-15(20)12-14/h6,8-9,12,16H,10,13H2,1-5H3,(H,21,22)(H,23,24)/t16-/m0/s1. The lowest BCUT2D eigenvalue weighted by molar-refractivity contribution is -0.141. The van der Waals surface area contributed by atoms with Crippen LogP contribution in [0, 0.1) is 17.3 Å². The number of amides is 1. The van der Waals surface area contributed by atoms with Crippen molar-refractivity contribution in [3.8, 4) is 11.5 Å². The highest BCUT2D eigenvalue weighted by Crippen LogP contribution is 2.35. The van der Waals surface area contributed by atoms with Crippen molar-refractivity contribution in [1.29, 1.82) is 0 Å². The van der Waals surface area contributed by atoms with Gasteiger partial charge in [0.1, 0.15) is 19.9 Å². The SMILES string of the molecule is CC(C)(C)[Si](C)(C)C#CC[C@H](NC(=O)Cc1cccc(F)c1)C(=O)O. The van der Waals surface area contributed by atoms with E-state index in [1.54, 1.807) is 6.07 Å². The summed E-state index contributed by atoms with van der Waals surface area (Å²) in [7, 11) is -1.82. The molecule has 0 spiro atoms. The Morgan fingerprint density at radius 2 is 1.96 bits per heavy atom. The second-order valence-corrected chi connectivity index (χ2v) is 12.6. The zero-order chi connectivity index (χ0) is 19.3. The van der Waals surface area contributed by atoms with Crippen molar-refractivity contribution in [2.45, 2.75) is 57.8 Å². The number of hydrogen-bond donors (Lipinski definition) is 2. The first-order valence-corrected chi connectivity index (χ1v) is 11.2. The minimum absolute atomic E-state index is 0.0523. The maximum Gasteiger partial charge on any atom is 0.327 e. The molecule has 0 radical (unpaired) electrons. The van der Waals surface area contributed by atoms with Gasteiger partial charge < -0.3 is 10.4 Å². The number of rotatable bonds is 5. The van der Waals surface area contributed by atoms with E-state index in [1.807, 2.05) is 0 Å². The Morgan fingerprint density at radius 1 is 1.32 bits per heavy atom. The van der Waals surface area contributed by atoms with Gasteiger partial charge in [0.2, 0.25) is 5.91 Å². The van der Waals surface area contributed by atoms with Crippen LogP contribution in [0.2, 0.25) is 18.1 Å². The van der Waals surface area contributed by atoms with Crippen LogP contribution in [0.15, 0.2) is 24.3 Å². The van der Waals surface area contributed by atoms with E-state index in [2.05, 4.69) is 50.6 Å². The third-order valence-electron chi connectivity index (χ3n) is 4.47. The number of carbonyl (C=O) groups excluding carboxylic acids is 1. The van der Waals surface area contributed by atoms with E-state index in [9.17, 15) is 19.1 Å². The van der Waals surface area contributed by atoms with Crippen LogP contribution < -0.4 is 5.32 Å². The van der Waals surface area contributed by atoms with Gasteiger partial charge in [-0.05, 0) is 22.7 Å². The highest BCUT2D eigenvalue weighted by atomic mass is 28.3. The van der Waals surface area contributed by atoms with Gasteiger partial charge in [-0.2, -0.15) is 0 Å². The highest BCUT2D eigenvalue weighted by Gasteiger charge is 2.33. The lowest BCUT2D eigenvalue weighted by Gasteiger charge is -2.31. The molecule has 0 aliphatic heterocycles. The predicted octanol–water partition coefficient (Wildman–Crippen LogP) is 3.38. The molecule has 0 unspecified atom stereocenters. The van der Waals surface area contributed by atoms with E-state index < -0.39 is 31.8 Å². The van der Waals surface area contributed by atoms with Gasteiger partial charge in [0.25, 0.3) is 0 Å². The number of aliphatic carboxylic acids is 1. The molecule has 1 amide bonds. The Morgan fingerprint density at radius 3 is 2.48 bits per heavy atom. The lowest BCUT2D eigenvalue weighted by atomic mass is 10.1. The molecule has 0 aliphatic carbocycles. The third kappa shape index (κ3) is 6.71. The molecule has 6 heteroatoms.